The first-order valence-electron chi connectivity index (χ1n) is 5.90. The van der Waals surface area contributed by atoms with Gasteiger partial charge in [0.2, 0.25) is 5.56 Å². The second-order valence-electron chi connectivity index (χ2n) is 4.39. The van der Waals surface area contributed by atoms with Crippen molar-refractivity contribution in [3.63, 3.8) is 0 Å². The first-order valence-corrected chi connectivity index (χ1v) is 6.27. The number of benzene rings is 1. The Morgan fingerprint density at radius 1 is 1.11 bits per heavy atom. The second kappa shape index (κ2) is 4.52. The van der Waals surface area contributed by atoms with Gasteiger partial charge in [0.15, 0.2) is 0 Å². The van der Waals surface area contributed by atoms with Crippen LogP contribution in [-0.4, -0.2) is 9.97 Å². The van der Waals surface area contributed by atoms with E-state index >= 15 is 0 Å². The van der Waals surface area contributed by atoms with Crippen molar-refractivity contribution in [3.8, 4) is 11.3 Å². The minimum atomic E-state index is -0.118. The molecule has 0 unspecified atom stereocenters. The molecule has 19 heavy (non-hydrogen) atoms. The van der Waals surface area contributed by atoms with E-state index in [1.54, 1.807) is 6.20 Å². The number of hydrogen-bond donors (Lipinski definition) is 1. The van der Waals surface area contributed by atoms with Crippen LogP contribution < -0.4 is 5.56 Å². The van der Waals surface area contributed by atoms with E-state index < -0.39 is 0 Å². The molecule has 1 aromatic carbocycles. The average Bonchev–Trinajstić information content (AvgIpc) is 2.40. The number of halogens is 1. The molecule has 0 atom stereocenters. The van der Waals surface area contributed by atoms with E-state index in [0.29, 0.717) is 5.02 Å². The van der Waals surface area contributed by atoms with Gasteiger partial charge in [-0.05, 0) is 30.7 Å². The van der Waals surface area contributed by atoms with Crippen molar-refractivity contribution < 1.29 is 0 Å². The van der Waals surface area contributed by atoms with E-state index in [0.717, 1.165) is 27.7 Å². The van der Waals surface area contributed by atoms with Gasteiger partial charge in [-0.15, -0.1) is 0 Å². The maximum atomic E-state index is 11.3. The van der Waals surface area contributed by atoms with Crippen molar-refractivity contribution in [2.24, 2.45) is 0 Å². The molecule has 4 heteroatoms. The molecule has 0 saturated carbocycles. The highest BCUT2D eigenvalue weighted by Gasteiger charge is 2.07. The standard InChI is InChI=1S/C15H11ClN2O/c1-9-12-6-7-14(19)18-13(12)8-17-15(9)10-2-4-11(16)5-3-10/h2-8H,1H3,(H,18,19). The Hall–Kier alpha value is -2.13. The molecular formula is C15H11ClN2O. The Kier molecular flexibility index (Phi) is 2.84. The molecule has 2 aromatic heterocycles. The van der Waals surface area contributed by atoms with Crippen LogP contribution in [0.2, 0.25) is 5.02 Å². The first kappa shape index (κ1) is 11.9. The first-order chi connectivity index (χ1) is 9.15. The third-order valence-electron chi connectivity index (χ3n) is 3.15. The summed E-state index contributed by atoms with van der Waals surface area (Å²) in [5.41, 5.74) is 3.58. The zero-order chi connectivity index (χ0) is 13.4. The smallest absolute Gasteiger partial charge is 0.248 e. The number of pyridine rings is 2. The number of aryl methyl sites for hydroxylation is 1. The van der Waals surface area contributed by atoms with Gasteiger partial charge in [-0.1, -0.05) is 23.7 Å². The number of H-pyrrole nitrogens is 1. The Balaban J connectivity index is 2.25. The third-order valence-corrected chi connectivity index (χ3v) is 3.40. The third kappa shape index (κ3) is 2.13. The minimum absolute atomic E-state index is 0.118. The van der Waals surface area contributed by atoms with E-state index in [-0.39, 0.29) is 5.56 Å². The molecule has 1 N–H and O–H groups in total. The summed E-state index contributed by atoms with van der Waals surface area (Å²) in [7, 11) is 0. The number of nitrogens with zero attached hydrogens (tertiary/aromatic N) is 1. The fourth-order valence-electron chi connectivity index (χ4n) is 2.17. The largest absolute Gasteiger partial charge is 0.321 e. The Morgan fingerprint density at radius 2 is 1.84 bits per heavy atom. The van der Waals surface area contributed by atoms with Crippen LogP contribution in [0.3, 0.4) is 0 Å². The van der Waals surface area contributed by atoms with Gasteiger partial charge in [0, 0.05) is 22.0 Å². The van der Waals surface area contributed by atoms with Crippen molar-refractivity contribution in [2.45, 2.75) is 6.92 Å². The highest BCUT2D eigenvalue weighted by Crippen LogP contribution is 2.26. The van der Waals surface area contributed by atoms with Crippen molar-refractivity contribution in [2.75, 3.05) is 0 Å². The van der Waals surface area contributed by atoms with Crippen LogP contribution in [0, 0.1) is 6.92 Å². The van der Waals surface area contributed by atoms with Gasteiger partial charge in [0.1, 0.15) is 0 Å². The Bertz CT molecular complexity index is 806. The van der Waals surface area contributed by atoms with Crippen LogP contribution in [0.1, 0.15) is 5.56 Å². The summed E-state index contributed by atoms with van der Waals surface area (Å²) >= 11 is 5.89. The van der Waals surface area contributed by atoms with E-state index in [2.05, 4.69) is 9.97 Å². The van der Waals surface area contributed by atoms with Crippen molar-refractivity contribution >= 4 is 22.5 Å². The van der Waals surface area contributed by atoms with E-state index in [1.165, 1.54) is 6.07 Å². The molecule has 0 aliphatic heterocycles. The normalized spacial score (nSPS) is 10.8. The number of rotatable bonds is 1. The SMILES string of the molecule is Cc1c(-c2ccc(Cl)cc2)ncc2[nH]c(=O)ccc12. The van der Waals surface area contributed by atoms with Gasteiger partial charge in [0.25, 0.3) is 0 Å². The average molecular weight is 271 g/mol. The maximum absolute atomic E-state index is 11.3. The van der Waals surface area contributed by atoms with Crippen LogP contribution in [0.25, 0.3) is 22.2 Å². The predicted molar refractivity (Wildman–Crippen MR) is 77.5 cm³/mol. The Labute approximate surface area is 114 Å². The fraction of sp³-hybridized carbons (Fsp3) is 0.0667. The summed E-state index contributed by atoms with van der Waals surface area (Å²) in [6.45, 7) is 2.00. The summed E-state index contributed by atoms with van der Waals surface area (Å²) in [4.78, 5) is 18.5. The summed E-state index contributed by atoms with van der Waals surface area (Å²) in [5.74, 6) is 0. The number of aromatic amines is 1. The van der Waals surface area contributed by atoms with E-state index in [9.17, 15) is 4.79 Å². The summed E-state index contributed by atoms with van der Waals surface area (Å²) in [6.07, 6.45) is 1.69. The lowest BCUT2D eigenvalue weighted by molar-refractivity contribution is 1.24. The highest BCUT2D eigenvalue weighted by molar-refractivity contribution is 6.30. The van der Waals surface area contributed by atoms with Crippen molar-refractivity contribution in [1.29, 1.82) is 0 Å². The van der Waals surface area contributed by atoms with Gasteiger partial charge in [-0.3, -0.25) is 9.78 Å². The molecule has 0 fully saturated rings. The highest BCUT2D eigenvalue weighted by atomic mass is 35.5. The van der Waals surface area contributed by atoms with Crippen LogP contribution in [0.5, 0.6) is 0 Å². The zero-order valence-corrected chi connectivity index (χ0v) is 11.0. The van der Waals surface area contributed by atoms with Crippen LogP contribution in [-0.2, 0) is 0 Å². The molecule has 0 spiro atoms. The zero-order valence-electron chi connectivity index (χ0n) is 10.3. The number of nitrogens with one attached hydrogen (secondary N) is 1. The molecule has 94 valence electrons. The van der Waals surface area contributed by atoms with E-state index in [4.69, 9.17) is 11.6 Å². The topological polar surface area (TPSA) is 45.8 Å². The van der Waals surface area contributed by atoms with Gasteiger partial charge in [-0.25, -0.2) is 0 Å². The van der Waals surface area contributed by atoms with Gasteiger partial charge < -0.3 is 4.98 Å². The van der Waals surface area contributed by atoms with Crippen LogP contribution in [0.15, 0.2) is 47.4 Å². The number of fused-ring (bicyclic) bond motifs is 1. The van der Waals surface area contributed by atoms with Gasteiger partial charge in [0.05, 0.1) is 17.4 Å². The molecule has 0 amide bonds. The lowest BCUT2D eigenvalue weighted by atomic mass is 10.0. The lowest BCUT2D eigenvalue weighted by Crippen LogP contribution is -2.03. The fourth-order valence-corrected chi connectivity index (χ4v) is 2.30. The summed E-state index contributed by atoms with van der Waals surface area (Å²) < 4.78 is 0. The minimum Gasteiger partial charge on any atom is -0.321 e. The van der Waals surface area contributed by atoms with Crippen molar-refractivity contribution in [1.82, 2.24) is 9.97 Å². The summed E-state index contributed by atoms with van der Waals surface area (Å²) in [6, 6.07) is 10.9. The van der Waals surface area contributed by atoms with Gasteiger partial charge in [-0.2, -0.15) is 0 Å². The molecule has 3 aromatic rings. The van der Waals surface area contributed by atoms with Gasteiger partial charge >= 0.3 is 0 Å². The van der Waals surface area contributed by atoms with Crippen LogP contribution in [0.4, 0.5) is 0 Å². The number of aromatic nitrogens is 2. The molecule has 3 nitrogen and oxygen atoms in total. The molecule has 0 aliphatic carbocycles. The predicted octanol–water partition coefficient (Wildman–Crippen LogP) is 3.55. The Morgan fingerprint density at radius 3 is 2.58 bits per heavy atom. The van der Waals surface area contributed by atoms with Crippen LogP contribution >= 0.6 is 11.6 Å². The lowest BCUT2D eigenvalue weighted by Gasteiger charge is -2.08. The quantitative estimate of drug-likeness (QED) is 0.735. The molecular weight excluding hydrogens is 260 g/mol. The monoisotopic (exact) mass is 270 g/mol. The maximum Gasteiger partial charge on any atom is 0.248 e. The summed E-state index contributed by atoms with van der Waals surface area (Å²) in [5, 5.41) is 1.70. The molecule has 0 bridgehead atoms. The molecule has 0 radical (unpaired) electrons. The second-order valence-corrected chi connectivity index (χ2v) is 4.83. The van der Waals surface area contributed by atoms with E-state index in [1.807, 2.05) is 37.3 Å². The number of hydrogen-bond acceptors (Lipinski definition) is 2. The molecule has 2 heterocycles. The molecule has 0 saturated heterocycles. The van der Waals surface area contributed by atoms with Crippen molar-refractivity contribution in [3.05, 3.63) is 63.5 Å². The molecule has 0 aliphatic rings. The molecule has 3 rings (SSSR count).